The van der Waals surface area contributed by atoms with E-state index in [0.29, 0.717) is 56.4 Å². The normalized spacial score (nSPS) is 12.6. The number of nitrogens with zero attached hydrogens (tertiary/aromatic N) is 3. The van der Waals surface area contributed by atoms with Crippen LogP contribution in [-0.2, 0) is 57.2 Å². The summed E-state index contributed by atoms with van der Waals surface area (Å²) in [7, 11) is 4.06. The molecule has 0 saturated heterocycles. The fourth-order valence-electron chi connectivity index (χ4n) is 10.1. The lowest BCUT2D eigenvalue weighted by Gasteiger charge is -2.26. The van der Waals surface area contributed by atoms with Crippen LogP contribution in [0.4, 0.5) is 0 Å². The summed E-state index contributed by atoms with van der Waals surface area (Å²) in [6.45, 7) is 16.4. The Kier molecular flexibility index (Phi) is 64.1. The Hall–Kier alpha value is -2.25. The standard InChI is InChI=1S/C71H135N3O12S3/c1-9-12-15-18-21-24-27-30-33-36-57-87-60-63(4)69(78)84-54-51-81-66(75)41-48-73(45-39-44-72(7)8)46-40-47-74(49-42-67(76)82-52-55-85-70(79)64(5)61-88-58-37-34-31-28-25-22-19-16-13-10-2)50-43-68(77)83-53-56-86-71(80)65(6)62-89-59-38-35-32-29-26-23-20-17-14-11-3/h63-65H,9-62H2,1-8H3. The quantitative estimate of drug-likeness (QED) is 0.0320. The lowest BCUT2D eigenvalue weighted by atomic mass is 10.1. The maximum Gasteiger partial charge on any atom is 0.309 e. The van der Waals surface area contributed by atoms with E-state index in [2.05, 4.69) is 30.6 Å². The summed E-state index contributed by atoms with van der Waals surface area (Å²) in [6.07, 6.45) is 41.0. The van der Waals surface area contributed by atoms with Crippen molar-refractivity contribution in [3.63, 3.8) is 0 Å². The number of carbonyl (C=O) groups is 6. The van der Waals surface area contributed by atoms with Gasteiger partial charge in [0.15, 0.2) is 0 Å². The van der Waals surface area contributed by atoms with Gasteiger partial charge in [-0.3, -0.25) is 28.8 Å². The van der Waals surface area contributed by atoms with E-state index in [4.69, 9.17) is 28.4 Å². The molecule has 0 rings (SSSR count). The van der Waals surface area contributed by atoms with Gasteiger partial charge in [-0.25, -0.2) is 0 Å². The number of unbranched alkanes of at least 4 members (excludes halogenated alkanes) is 27. The second-order valence-corrected chi connectivity index (χ2v) is 28.5. The van der Waals surface area contributed by atoms with Crippen LogP contribution in [0.15, 0.2) is 0 Å². The van der Waals surface area contributed by atoms with Gasteiger partial charge < -0.3 is 43.1 Å². The first kappa shape index (κ1) is 86.8. The fraction of sp³-hybridized carbons (Fsp3) is 0.915. The molecule has 18 heteroatoms. The summed E-state index contributed by atoms with van der Waals surface area (Å²) >= 11 is 5.38. The molecule has 0 aromatic carbocycles. The molecule has 3 unspecified atom stereocenters. The molecule has 3 atom stereocenters. The van der Waals surface area contributed by atoms with Crippen LogP contribution >= 0.6 is 35.3 Å². The molecule has 0 heterocycles. The molecule has 0 saturated carbocycles. The molecule has 0 aliphatic rings. The highest BCUT2D eigenvalue weighted by molar-refractivity contribution is 7.99. The van der Waals surface area contributed by atoms with Crippen LogP contribution in [0.2, 0.25) is 0 Å². The minimum absolute atomic E-state index is 0.00968. The molecule has 524 valence electrons. The van der Waals surface area contributed by atoms with Crippen molar-refractivity contribution in [2.24, 2.45) is 17.8 Å². The fourth-order valence-corrected chi connectivity index (χ4v) is 13.3. The molecule has 0 spiro atoms. The van der Waals surface area contributed by atoms with E-state index in [1.807, 2.05) is 39.8 Å². The number of thioether (sulfide) groups is 3. The molecule has 89 heavy (non-hydrogen) atoms. The summed E-state index contributed by atoms with van der Waals surface area (Å²) in [6, 6.07) is 0. The summed E-state index contributed by atoms with van der Waals surface area (Å²) in [4.78, 5) is 83.4. The maximum atomic E-state index is 13.0. The van der Waals surface area contributed by atoms with E-state index in [-0.39, 0.29) is 101 Å². The Balaban J connectivity index is 5.08. The zero-order valence-electron chi connectivity index (χ0n) is 58.4. The summed E-state index contributed by atoms with van der Waals surface area (Å²) < 4.78 is 32.8. The first-order valence-electron chi connectivity index (χ1n) is 36.0. The molecular formula is C71H135N3O12S3. The van der Waals surface area contributed by atoms with Gasteiger partial charge in [0.05, 0.1) is 37.0 Å². The highest BCUT2D eigenvalue weighted by atomic mass is 32.2. The Morgan fingerprint density at radius 2 is 0.517 bits per heavy atom. The molecule has 0 aromatic rings. The van der Waals surface area contributed by atoms with E-state index >= 15 is 0 Å². The number of hydrogen-bond donors (Lipinski definition) is 0. The molecule has 0 radical (unpaired) electrons. The first-order valence-corrected chi connectivity index (χ1v) is 39.5. The Labute approximate surface area is 558 Å². The van der Waals surface area contributed by atoms with Crippen molar-refractivity contribution in [1.82, 2.24) is 14.7 Å². The Morgan fingerprint density at radius 1 is 0.292 bits per heavy atom. The van der Waals surface area contributed by atoms with Crippen LogP contribution in [0, 0.1) is 17.8 Å². The molecule has 0 N–H and O–H groups in total. The lowest BCUT2D eigenvalue weighted by Crippen LogP contribution is -2.35. The second-order valence-electron chi connectivity index (χ2n) is 25.1. The van der Waals surface area contributed by atoms with E-state index < -0.39 is 11.9 Å². The van der Waals surface area contributed by atoms with Crippen LogP contribution in [0.5, 0.6) is 0 Å². The average molecular weight is 1320 g/mol. The monoisotopic (exact) mass is 1320 g/mol. The minimum atomic E-state index is -0.427. The van der Waals surface area contributed by atoms with Gasteiger partial charge in [-0.2, -0.15) is 35.3 Å². The number of rotatable bonds is 68. The minimum Gasteiger partial charge on any atom is -0.462 e. The van der Waals surface area contributed by atoms with Gasteiger partial charge in [0.1, 0.15) is 39.6 Å². The lowest BCUT2D eigenvalue weighted by molar-refractivity contribution is -0.154. The molecule has 0 aromatic heterocycles. The molecule has 0 aliphatic heterocycles. The van der Waals surface area contributed by atoms with Crippen molar-refractivity contribution in [1.29, 1.82) is 0 Å². The van der Waals surface area contributed by atoms with Gasteiger partial charge >= 0.3 is 35.8 Å². The molecule has 0 aliphatic carbocycles. The van der Waals surface area contributed by atoms with Crippen LogP contribution in [-0.4, -0.2) is 185 Å². The third kappa shape index (κ3) is 60.4. The van der Waals surface area contributed by atoms with Crippen LogP contribution in [0.25, 0.3) is 0 Å². The third-order valence-corrected chi connectivity index (χ3v) is 19.9. The van der Waals surface area contributed by atoms with Crippen molar-refractivity contribution >= 4 is 71.1 Å². The second kappa shape index (κ2) is 65.8. The molecule has 0 amide bonds. The van der Waals surface area contributed by atoms with Gasteiger partial charge in [-0.1, -0.05) is 215 Å². The Morgan fingerprint density at radius 3 is 0.775 bits per heavy atom. The highest BCUT2D eigenvalue weighted by Gasteiger charge is 2.19. The average Bonchev–Trinajstić information content (AvgIpc) is 3.52. The topological polar surface area (TPSA) is 168 Å². The molecule has 15 nitrogen and oxygen atoms in total. The van der Waals surface area contributed by atoms with E-state index in [1.54, 1.807) is 35.3 Å². The largest absolute Gasteiger partial charge is 0.462 e. The van der Waals surface area contributed by atoms with Gasteiger partial charge in [0.25, 0.3) is 0 Å². The van der Waals surface area contributed by atoms with Crippen molar-refractivity contribution in [2.45, 2.75) is 266 Å². The summed E-state index contributed by atoms with van der Waals surface area (Å²) in [5, 5.41) is 0. The molecule has 0 fully saturated rings. The smallest absolute Gasteiger partial charge is 0.309 e. The van der Waals surface area contributed by atoms with Crippen molar-refractivity contribution < 1.29 is 57.2 Å². The van der Waals surface area contributed by atoms with Gasteiger partial charge in [0, 0.05) is 36.9 Å². The number of carbonyl (C=O) groups excluding carboxylic acids is 6. The summed E-state index contributed by atoms with van der Waals surface area (Å²) in [5.74, 6) is 2.45. The number of ether oxygens (including phenoxy) is 6. The number of esters is 6. The zero-order chi connectivity index (χ0) is 65.5. The van der Waals surface area contributed by atoms with E-state index in [1.165, 1.54) is 180 Å². The highest BCUT2D eigenvalue weighted by Crippen LogP contribution is 2.19. The molecular weight excluding hydrogens is 1180 g/mol. The van der Waals surface area contributed by atoms with E-state index in [0.717, 1.165) is 49.6 Å². The zero-order valence-corrected chi connectivity index (χ0v) is 60.8. The third-order valence-electron chi connectivity index (χ3n) is 15.9. The van der Waals surface area contributed by atoms with Gasteiger partial charge in [-0.15, -0.1) is 0 Å². The van der Waals surface area contributed by atoms with Crippen LogP contribution < -0.4 is 0 Å². The number of hydrogen-bond acceptors (Lipinski definition) is 18. The SMILES string of the molecule is CCCCCCCCCCCCSCC(C)C(=O)OCCOC(=O)CCN(CCCN(C)C)CCCN(CCC(=O)OCCOC(=O)C(C)CSCCCCCCCCCCCC)CCC(=O)OCCOC(=O)C(C)CSCCCCCCCCCCCC. The summed E-state index contributed by atoms with van der Waals surface area (Å²) in [5.41, 5.74) is 0. The Bertz CT molecular complexity index is 1600. The van der Waals surface area contributed by atoms with Gasteiger partial charge in [-0.05, 0) is 89.6 Å². The van der Waals surface area contributed by atoms with Crippen molar-refractivity contribution in [2.75, 3.05) is 134 Å². The van der Waals surface area contributed by atoms with E-state index in [9.17, 15) is 28.8 Å². The predicted octanol–water partition coefficient (Wildman–Crippen LogP) is 16.2. The maximum absolute atomic E-state index is 13.0. The van der Waals surface area contributed by atoms with Crippen LogP contribution in [0.1, 0.15) is 266 Å². The van der Waals surface area contributed by atoms with Crippen molar-refractivity contribution in [3.8, 4) is 0 Å². The first-order chi connectivity index (χ1) is 43.2. The van der Waals surface area contributed by atoms with Crippen LogP contribution in [0.3, 0.4) is 0 Å². The van der Waals surface area contributed by atoms with Gasteiger partial charge in [0.2, 0.25) is 0 Å². The molecule has 0 bridgehead atoms. The van der Waals surface area contributed by atoms with Crippen molar-refractivity contribution in [3.05, 3.63) is 0 Å². The predicted molar refractivity (Wildman–Crippen MR) is 375 cm³/mol.